The molecule has 0 aliphatic rings. The van der Waals surface area contributed by atoms with Crippen LogP contribution in [0.4, 0.5) is 5.69 Å². The smallest absolute Gasteiger partial charge is 0.310 e. The summed E-state index contributed by atoms with van der Waals surface area (Å²) in [5.74, 6) is -0.00467. The van der Waals surface area contributed by atoms with E-state index in [0.29, 0.717) is 11.3 Å². The third-order valence-corrected chi connectivity index (χ3v) is 2.11. The molecule has 1 aromatic carbocycles. The monoisotopic (exact) mass is 239 g/mol. The van der Waals surface area contributed by atoms with Crippen LogP contribution >= 0.6 is 0 Å². The molecular formula is C11H13NO5. The average molecular weight is 239 g/mol. The number of hydrogen-bond donors (Lipinski definition) is 0. The fourth-order valence-corrected chi connectivity index (χ4v) is 1.38. The zero-order valence-electron chi connectivity index (χ0n) is 9.63. The summed E-state index contributed by atoms with van der Waals surface area (Å²) in [5.41, 5.74) is 0.366. The lowest BCUT2D eigenvalue weighted by Crippen LogP contribution is -2.08. The number of carbonyl (C=O) groups excluding carboxylic acids is 1. The van der Waals surface area contributed by atoms with Gasteiger partial charge in [-0.1, -0.05) is 0 Å². The zero-order chi connectivity index (χ0) is 12.8. The number of benzene rings is 1. The summed E-state index contributed by atoms with van der Waals surface area (Å²) in [6.07, 6.45) is -0.0430. The highest BCUT2D eigenvalue weighted by molar-refractivity contribution is 5.74. The summed E-state index contributed by atoms with van der Waals surface area (Å²) in [6.45, 7) is 1.97. The minimum Gasteiger partial charge on any atom is -0.496 e. The summed E-state index contributed by atoms with van der Waals surface area (Å²) >= 11 is 0. The van der Waals surface area contributed by atoms with Crippen molar-refractivity contribution in [2.24, 2.45) is 0 Å². The highest BCUT2D eigenvalue weighted by Gasteiger charge is 2.14. The van der Waals surface area contributed by atoms with Crippen molar-refractivity contribution in [1.82, 2.24) is 0 Å². The second-order valence-corrected chi connectivity index (χ2v) is 3.24. The number of nitrogens with zero attached hydrogens (tertiary/aromatic N) is 1. The van der Waals surface area contributed by atoms with Crippen molar-refractivity contribution in [3.05, 3.63) is 33.9 Å². The summed E-state index contributed by atoms with van der Waals surface area (Å²) in [5, 5.41) is 10.6. The van der Waals surface area contributed by atoms with Gasteiger partial charge in [0.1, 0.15) is 5.75 Å². The molecular weight excluding hydrogens is 226 g/mol. The van der Waals surface area contributed by atoms with Crippen molar-refractivity contribution in [3.63, 3.8) is 0 Å². The van der Waals surface area contributed by atoms with Crippen LogP contribution in [0.1, 0.15) is 12.5 Å². The maximum Gasteiger partial charge on any atom is 0.310 e. The molecule has 17 heavy (non-hydrogen) atoms. The molecule has 0 atom stereocenters. The Morgan fingerprint density at radius 2 is 2.18 bits per heavy atom. The second-order valence-electron chi connectivity index (χ2n) is 3.24. The van der Waals surface area contributed by atoms with Crippen LogP contribution < -0.4 is 4.74 Å². The van der Waals surface area contributed by atoms with E-state index in [0.717, 1.165) is 0 Å². The molecule has 0 saturated heterocycles. The van der Waals surface area contributed by atoms with Gasteiger partial charge in [0.25, 0.3) is 5.69 Å². The molecule has 0 heterocycles. The first-order valence-electron chi connectivity index (χ1n) is 5.05. The third-order valence-electron chi connectivity index (χ3n) is 2.11. The van der Waals surface area contributed by atoms with E-state index >= 15 is 0 Å². The number of nitro groups is 1. The number of ether oxygens (including phenoxy) is 2. The first-order valence-corrected chi connectivity index (χ1v) is 5.05. The Hall–Kier alpha value is -2.11. The van der Waals surface area contributed by atoms with E-state index in [-0.39, 0.29) is 18.7 Å². The predicted octanol–water partition coefficient (Wildman–Crippen LogP) is 1.71. The Morgan fingerprint density at radius 1 is 1.47 bits per heavy atom. The lowest BCUT2D eigenvalue weighted by molar-refractivity contribution is -0.384. The molecule has 6 heteroatoms. The minimum atomic E-state index is -0.520. The summed E-state index contributed by atoms with van der Waals surface area (Å²) < 4.78 is 9.81. The van der Waals surface area contributed by atoms with Gasteiger partial charge in [-0.2, -0.15) is 0 Å². The quantitative estimate of drug-likeness (QED) is 0.444. The molecule has 0 fully saturated rings. The second kappa shape index (κ2) is 5.83. The van der Waals surface area contributed by atoms with E-state index in [4.69, 9.17) is 9.47 Å². The zero-order valence-corrected chi connectivity index (χ0v) is 9.63. The van der Waals surface area contributed by atoms with E-state index in [1.807, 2.05) is 0 Å². The van der Waals surface area contributed by atoms with E-state index in [1.54, 1.807) is 6.92 Å². The lowest BCUT2D eigenvalue weighted by Gasteiger charge is -2.07. The largest absolute Gasteiger partial charge is 0.496 e. The Morgan fingerprint density at radius 3 is 2.71 bits per heavy atom. The number of hydrogen-bond acceptors (Lipinski definition) is 5. The summed E-state index contributed by atoms with van der Waals surface area (Å²) in [7, 11) is 1.44. The molecule has 0 unspecified atom stereocenters. The summed E-state index contributed by atoms with van der Waals surface area (Å²) in [4.78, 5) is 21.4. The number of non-ortho nitro benzene ring substituents is 1. The van der Waals surface area contributed by atoms with Crippen LogP contribution in [0, 0.1) is 10.1 Å². The number of esters is 1. The molecule has 0 aliphatic heterocycles. The van der Waals surface area contributed by atoms with E-state index in [9.17, 15) is 14.9 Å². The minimum absolute atomic E-state index is 0.0430. The van der Waals surface area contributed by atoms with Crippen molar-refractivity contribution in [3.8, 4) is 5.75 Å². The van der Waals surface area contributed by atoms with Gasteiger partial charge in [-0.25, -0.2) is 0 Å². The van der Waals surface area contributed by atoms with Crippen LogP contribution in [0.3, 0.4) is 0 Å². The molecule has 0 amide bonds. The van der Waals surface area contributed by atoms with Crippen molar-refractivity contribution < 1.29 is 19.2 Å². The van der Waals surface area contributed by atoms with Crippen molar-refractivity contribution in [2.45, 2.75) is 13.3 Å². The van der Waals surface area contributed by atoms with Gasteiger partial charge in [0.05, 0.1) is 25.1 Å². The Labute approximate surface area is 98.3 Å². The number of nitro benzene ring substituents is 1. The number of methoxy groups -OCH3 is 1. The highest BCUT2D eigenvalue weighted by Crippen LogP contribution is 2.24. The van der Waals surface area contributed by atoms with Crippen LogP contribution in [-0.4, -0.2) is 24.6 Å². The van der Waals surface area contributed by atoms with Crippen LogP contribution in [-0.2, 0) is 16.0 Å². The van der Waals surface area contributed by atoms with Crippen LogP contribution in [0.2, 0.25) is 0 Å². The molecule has 0 saturated carbocycles. The maximum atomic E-state index is 11.3. The predicted molar refractivity (Wildman–Crippen MR) is 60.0 cm³/mol. The Balaban J connectivity index is 2.97. The van der Waals surface area contributed by atoms with Gasteiger partial charge in [-0.15, -0.1) is 0 Å². The van der Waals surface area contributed by atoms with E-state index in [1.165, 1.54) is 25.3 Å². The van der Waals surface area contributed by atoms with Gasteiger partial charge in [-0.3, -0.25) is 14.9 Å². The van der Waals surface area contributed by atoms with E-state index < -0.39 is 10.9 Å². The fraction of sp³-hybridized carbons (Fsp3) is 0.364. The molecule has 6 nitrogen and oxygen atoms in total. The normalized spacial score (nSPS) is 9.76. The van der Waals surface area contributed by atoms with Crippen LogP contribution in [0.25, 0.3) is 0 Å². The SMILES string of the molecule is CCOC(=O)Cc1cc([N+](=O)[O-])ccc1OC. The average Bonchev–Trinajstić information content (AvgIpc) is 2.29. The summed E-state index contributed by atoms with van der Waals surface area (Å²) in [6, 6.07) is 4.11. The van der Waals surface area contributed by atoms with Crippen LogP contribution in [0.5, 0.6) is 5.75 Å². The van der Waals surface area contributed by atoms with Gasteiger partial charge in [0, 0.05) is 17.7 Å². The molecule has 1 aromatic rings. The number of carbonyl (C=O) groups is 1. The van der Waals surface area contributed by atoms with Gasteiger partial charge in [-0.05, 0) is 13.0 Å². The first kappa shape index (κ1) is 13.0. The Bertz CT molecular complexity index is 430. The number of rotatable bonds is 5. The van der Waals surface area contributed by atoms with Crippen LogP contribution in [0.15, 0.2) is 18.2 Å². The molecule has 0 bridgehead atoms. The van der Waals surface area contributed by atoms with Gasteiger partial charge >= 0.3 is 5.97 Å². The fourth-order valence-electron chi connectivity index (χ4n) is 1.38. The first-order chi connectivity index (χ1) is 8.08. The molecule has 0 spiro atoms. The molecule has 0 N–H and O–H groups in total. The molecule has 92 valence electrons. The third kappa shape index (κ3) is 3.44. The molecule has 0 radical (unpaired) electrons. The van der Waals surface area contributed by atoms with Gasteiger partial charge < -0.3 is 9.47 Å². The molecule has 1 rings (SSSR count). The van der Waals surface area contributed by atoms with E-state index in [2.05, 4.69) is 0 Å². The van der Waals surface area contributed by atoms with Crippen molar-refractivity contribution in [2.75, 3.05) is 13.7 Å². The highest BCUT2D eigenvalue weighted by atomic mass is 16.6. The topological polar surface area (TPSA) is 78.7 Å². The van der Waals surface area contributed by atoms with Crippen molar-refractivity contribution in [1.29, 1.82) is 0 Å². The van der Waals surface area contributed by atoms with Gasteiger partial charge in [0.15, 0.2) is 0 Å². The Kier molecular flexibility index (Phi) is 4.45. The van der Waals surface area contributed by atoms with Crippen molar-refractivity contribution >= 4 is 11.7 Å². The van der Waals surface area contributed by atoms with Gasteiger partial charge in [0.2, 0.25) is 0 Å². The molecule has 0 aliphatic carbocycles. The molecule has 0 aromatic heterocycles. The maximum absolute atomic E-state index is 11.3. The standard InChI is InChI=1S/C11H13NO5/c1-3-17-11(13)7-8-6-9(12(14)15)4-5-10(8)16-2/h4-6H,3,7H2,1-2H3. The lowest BCUT2D eigenvalue weighted by atomic mass is 10.1.